The summed E-state index contributed by atoms with van der Waals surface area (Å²) in [5, 5.41) is 26.7. The van der Waals surface area contributed by atoms with Gasteiger partial charge in [0.05, 0.1) is 12.1 Å². The second kappa shape index (κ2) is 13.9. The molecule has 0 bridgehead atoms. The first-order valence-electron chi connectivity index (χ1n) is 10.6. The number of rotatable bonds is 14. The standard InChI is InChI=1S/C20H39N5O6/c1-10(2)14(22)17(27)24-15(11(3)4)18(28)25-16(12(5)26)19(29)23-13(20(30)31)8-6-7-9-21/h10-16,26H,6-9,21-22H2,1-5H3,(H,23,29)(H,24,27)(H,25,28)(H,30,31). The zero-order valence-electron chi connectivity index (χ0n) is 19.1. The van der Waals surface area contributed by atoms with E-state index in [0.29, 0.717) is 19.4 Å². The first kappa shape index (κ1) is 28.8. The molecule has 5 unspecified atom stereocenters. The van der Waals surface area contributed by atoms with Crippen LogP contribution in [0, 0.1) is 11.8 Å². The average Bonchev–Trinajstić information content (AvgIpc) is 2.67. The van der Waals surface area contributed by atoms with Crippen molar-refractivity contribution in [3.05, 3.63) is 0 Å². The molecule has 11 heteroatoms. The molecule has 0 saturated heterocycles. The van der Waals surface area contributed by atoms with Crippen molar-refractivity contribution >= 4 is 23.7 Å². The lowest BCUT2D eigenvalue weighted by Gasteiger charge is -2.28. The maximum absolute atomic E-state index is 12.8. The van der Waals surface area contributed by atoms with Crippen molar-refractivity contribution in [1.82, 2.24) is 16.0 Å². The smallest absolute Gasteiger partial charge is 0.326 e. The third kappa shape index (κ3) is 10.1. The van der Waals surface area contributed by atoms with Crippen molar-refractivity contribution in [3.63, 3.8) is 0 Å². The van der Waals surface area contributed by atoms with Crippen LogP contribution in [0.4, 0.5) is 0 Å². The van der Waals surface area contributed by atoms with E-state index in [9.17, 15) is 29.4 Å². The lowest BCUT2D eigenvalue weighted by atomic mass is 9.99. The number of carbonyl (C=O) groups is 4. The Labute approximate surface area is 183 Å². The molecule has 0 heterocycles. The SMILES string of the molecule is CC(C)C(N)C(=O)NC(C(=O)NC(C(=O)NC(CCCCN)C(=O)O)C(C)O)C(C)C. The fourth-order valence-corrected chi connectivity index (χ4v) is 2.75. The van der Waals surface area contributed by atoms with Crippen molar-refractivity contribution < 1.29 is 29.4 Å². The van der Waals surface area contributed by atoms with E-state index in [4.69, 9.17) is 11.5 Å². The molecule has 0 aliphatic heterocycles. The van der Waals surface area contributed by atoms with Gasteiger partial charge in [-0.05, 0) is 44.6 Å². The Bertz CT molecular complexity index is 611. The Morgan fingerprint density at radius 2 is 1.32 bits per heavy atom. The molecule has 0 aliphatic carbocycles. The highest BCUT2D eigenvalue weighted by Gasteiger charge is 2.33. The predicted octanol–water partition coefficient (Wildman–Crippen LogP) is -1.33. The summed E-state index contributed by atoms with van der Waals surface area (Å²) in [6.07, 6.45) is -0.0400. The van der Waals surface area contributed by atoms with Gasteiger partial charge in [-0.3, -0.25) is 14.4 Å². The number of carbonyl (C=O) groups excluding carboxylic acids is 3. The van der Waals surface area contributed by atoms with Gasteiger partial charge in [-0.15, -0.1) is 0 Å². The number of aliphatic carboxylic acids is 1. The Hall–Kier alpha value is -2.24. The van der Waals surface area contributed by atoms with Crippen LogP contribution in [0.25, 0.3) is 0 Å². The molecule has 0 aliphatic rings. The number of hydrogen-bond acceptors (Lipinski definition) is 7. The maximum atomic E-state index is 12.8. The topological polar surface area (TPSA) is 197 Å². The van der Waals surface area contributed by atoms with Gasteiger partial charge < -0.3 is 37.6 Å². The van der Waals surface area contributed by atoms with Gasteiger partial charge in [0.15, 0.2) is 0 Å². The van der Waals surface area contributed by atoms with Crippen LogP contribution in [0.15, 0.2) is 0 Å². The molecule has 31 heavy (non-hydrogen) atoms. The zero-order valence-corrected chi connectivity index (χ0v) is 19.1. The summed E-state index contributed by atoms with van der Waals surface area (Å²) in [5.41, 5.74) is 11.2. The summed E-state index contributed by atoms with van der Waals surface area (Å²) in [6, 6.07) is -4.39. The molecule has 0 aromatic heterocycles. The molecule has 0 aromatic carbocycles. The number of unbranched alkanes of at least 4 members (excludes halogenated alkanes) is 1. The lowest BCUT2D eigenvalue weighted by molar-refractivity contribution is -0.143. The van der Waals surface area contributed by atoms with Crippen LogP contribution in [0.3, 0.4) is 0 Å². The summed E-state index contributed by atoms with van der Waals surface area (Å²) in [7, 11) is 0. The van der Waals surface area contributed by atoms with Crippen LogP contribution in [0.1, 0.15) is 53.9 Å². The highest BCUT2D eigenvalue weighted by Crippen LogP contribution is 2.07. The summed E-state index contributed by atoms with van der Waals surface area (Å²) in [6.45, 7) is 8.66. The van der Waals surface area contributed by atoms with Crippen LogP contribution >= 0.6 is 0 Å². The lowest BCUT2D eigenvalue weighted by Crippen LogP contribution is -2.61. The Kier molecular flexibility index (Phi) is 12.9. The monoisotopic (exact) mass is 445 g/mol. The number of nitrogens with one attached hydrogen (secondary N) is 3. The molecular weight excluding hydrogens is 406 g/mol. The normalized spacial score (nSPS) is 16.2. The summed E-state index contributed by atoms with van der Waals surface area (Å²) in [5.74, 6) is -3.72. The van der Waals surface area contributed by atoms with Gasteiger partial charge in [0.2, 0.25) is 17.7 Å². The molecule has 0 rings (SSSR count). The van der Waals surface area contributed by atoms with E-state index in [1.54, 1.807) is 27.7 Å². The van der Waals surface area contributed by atoms with E-state index in [1.165, 1.54) is 6.92 Å². The average molecular weight is 446 g/mol. The van der Waals surface area contributed by atoms with Crippen LogP contribution in [0.2, 0.25) is 0 Å². The zero-order chi connectivity index (χ0) is 24.3. The molecule has 0 spiro atoms. The quantitative estimate of drug-likeness (QED) is 0.160. The van der Waals surface area contributed by atoms with Gasteiger partial charge in [-0.2, -0.15) is 0 Å². The second-order valence-electron chi connectivity index (χ2n) is 8.41. The summed E-state index contributed by atoms with van der Waals surface area (Å²) >= 11 is 0. The number of carboxylic acids is 1. The Balaban J connectivity index is 5.30. The van der Waals surface area contributed by atoms with Gasteiger partial charge >= 0.3 is 5.97 Å². The molecule has 180 valence electrons. The first-order chi connectivity index (χ1) is 14.3. The number of aliphatic hydroxyl groups excluding tert-OH is 1. The van der Waals surface area contributed by atoms with E-state index in [0.717, 1.165) is 0 Å². The van der Waals surface area contributed by atoms with Crippen LogP contribution in [-0.4, -0.2) is 70.7 Å². The number of carboxylic acid groups (broad SMARTS) is 1. The van der Waals surface area contributed by atoms with Gasteiger partial charge in [0.25, 0.3) is 0 Å². The highest BCUT2D eigenvalue weighted by atomic mass is 16.4. The minimum absolute atomic E-state index is 0.140. The molecule has 0 fully saturated rings. The molecular formula is C20H39N5O6. The molecule has 5 atom stereocenters. The summed E-state index contributed by atoms with van der Waals surface area (Å²) in [4.78, 5) is 49.1. The molecule has 9 N–H and O–H groups in total. The van der Waals surface area contributed by atoms with E-state index >= 15 is 0 Å². The third-order valence-electron chi connectivity index (χ3n) is 4.89. The van der Waals surface area contributed by atoms with Gasteiger partial charge in [0, 0.05) is 0 Å². The Morgan fingerprint density at radius 1 is 0.806 bits per heavy atom. The second-order valence-corrected chi connectivity index (χ2v) is 8.41. The van der Waals surface area contributed by atoms with Crippen LogP contribution in [-0.2, 0) is 19.2 Å². The minimum atomic E-state index is -1.40. The van der Waals surface area contributed by atoms with Gasteiger partial charge in [-0.1, -0.05) is 27.7 Å². The van der Waals surface area contributed by atoms with E-state index < -0.39 is 54.0 Å². The highest BCUT2D eigenvalue weighted by molar-refractivity contribution is 5.94. The molecule has 0 radical (unpaired) electrons. The number of aliphatic hydroxyl groups is 1. The maximum Gasteiger partial charge on any atom is 0.326 e. The van der Waals surface area contributed by atoms with Crippen molar-refractivity contribution in [2.24, 2.45) is 23.3 Å². The van der Waals surface area contributed by atoms with Crippen molar-refractivity contribution in [1.29, 1.82) is 0 Å². The van der Waals surface area contributed by atoms with Gasteiger partial charge in [0.1, 0.15) is 18.1 Å². The molecule has 0 saturated carbocycles. The molecule has 0 aromatic rings. The fraction of sp³-hybridized carbons (Fsp3) is 0.800. The van der Waals surface area contributed by atoms with E-state index in [1.807, 2.05) is 0 Å². The Morgan fingerprint density at radius 3 is 1.74 bits per heavy atom. The molecule has 3 amide bonds. The predicted molar refractivity (Wildman–Crippen MR) is 116 cm³/mol. The number of hydrogen-bond donors (Lipinski definition) is 7. The first-order valence-corrected chi connectivity index (χ1v) is 10.6. The molecule has 11 nitrogen and oxygen atoms in total. The number of nitrogens with two attached hydrogens (primary N) is 2. The third-order valence-corrected chi connectivity index (χ3v) is 4.89. The van der Waals surface area contributed by atoms with Crippen LogP contribution < -0.4 is 27.4 Å². The van der Waals surface area contributed by atoms with Crippen LogP contribution in [0.5, 0.6) is 0 Å². The van der Waals surface area contributed by atoms with E-state index in [-0.39, 0.29) is 18.3 Å². The fourth-order valence-electron chi connectivity index (χ4n) is 2.75. The van der Waals surface area contributed by atoms with Crippen molar-refractivity contribution in [2.75, 3.05) is 6.54 Å². The minimum Gasteiger partial charge on any atom is -0.480 e. The van der Waals surface area contributed by atoms with Gasteiger partial charge in [-0.25, -0.2) is 4.79 Å². The summed E-state index contributed by atoms with van der Waals surface area (Å²) < 4.78 is 0. The van der Waals surface area contributed by atoms with Crippen molar-refractivity contribution in [3.8, 4) is 0 Å². The van der Waals surface area contributed by atoms with E-state index in [2.05, 4.69) is 16.0 Å². The largest absolute Gasteiger partial charge is 0.480 e. The number of amides is 3. The van der Waals surface area contributed by atoms with Crippen molar-refractivity contribution in [2.45, 2.75) is 84.2 Å².